The Labute approximate surface area is 143 Å². The number of nitrogens with zero attached hydrogens (tertiary/aromatic N) is 1. The molecule has 0 atom stereocenters. The second kappa shape index (κ2) is 7.65. The largest absolute Gasteiger partial charge is 0.338 e. The van der Waals surface area contributed by atoms with Crippen molar-refractivity contribution in [2.24, 2.45) is 5.41 Å². The van der Waals surface area contributed by atoms with E-state index >= 15 is 0 Å². The highest BCUT2D eigenvalue weighted by molar-refractivity contribution is 5.82. The molecule has 0 aliphatic rings. The zero-order chi connectivity index (χ0) is 17.7. The van der Waals surface area contributed by atoms with Gasteiger partial charge in [-0.25, -0.2) is 4.79 Å². The summed E-state index contributed by atoms with van der Waals surface area (Å²) in [5.41, 5.74) is -0.173. The molecule has 4 nitrogen and oxygen atoms in total. The minimum absolute atomic E-state index is 0.267. The Morgan fingerprint density at radius 2 is 1.83 bits per heavy atom. The van der Waals surface area contributed by atoms with Crippen LogP contribution in [-0.4, -0.2) is 10.7 Å². The highest BCUT2D eigenvalue weighted by atomic mass is 16.7. The van der Waals surface area contributed by atoms with E-state index in [0.717, 1.165) is 36.8 Å². The van der Waals surface area contributed by atoms with Crippen LogP contribution >= 0.6 is 0 Å². The topological polar surface area (TPSA) is 48.3 Å². The van der Waals surface area contributed by atoms with Crippen LogP contribution in [0.5, 0.6) is 0 Å². The van der Waals surface area contributed by atoms with Crippen LogP contribution in [-0.2, 0) is 11.2 Å². The summed E-state index contributed by atoms with van der Waals surface area (Å²) in [5.74, 6) is -0.408. The van der Waals surface area contributed by atoms with Crippen LogP contribution in [0, 0.1) is 5.41 Å². The number of fused-ring (bicyclic) bond motifs is 1. The van der Waals surface area contributed by atoms with E-state index in [1.807, 2.05) is 24.3 Å². The summed E-state index contributed by atoms with van der Waals surface area (Å²) in [4.78, 5) is 30.5. The van der Waals surface area contributed by atoms with E-state index in [2.05, 4.69) is 6.92 Å². The molecular formula is C20H27NO3. The smallest absolute Gasteiger partial charge is 0.333 e. The van der Waals surface area contributed by atoms with Gasteiger partial charge >= 0.3 is 5.97 Å². The van der Waals surface area contributed by atoms with Gasteiger partial charge in [-0.05, 0) is 51.1 Å². The summed E-state index contributed by atoms with van der Waals surface area (Å²) in [5, 5.41) is 1.45. The number of unbranched alkanes of at least 4 members (excludes halogenated alkanes) is 3. The Morgan fingerprint density at radius 1 is 1.12 bits per heavy atom. The second-order valence-electron chi connectivity index (χ2n) is 7.26. The van der Waals surface area contributed by atoms with Crippen molar-refractivity contribution in [3.63, 3.8) is 0 Å². The summed E-state index contributed by atoms with van der Waals surface area (Å²) in [7, 11) is 0. The van der Waals surface area contributed by atoms with Gasteiger partial charge in [-0.3, -0.25) is 4.79 Å². The van der Waals surface area contributed by atoms with Crippen molar-refractivity contribution >= 4 is 16.7 Å². The van der Waals surface area contributed by atoms with Crippen molar-refractivity contribution < 1.29 is 9.63 Å². The van der Waals surface area contributed by atoms with Crippen LogP contribution in [0.15, 0.2) is 35.1 Å². The summed E-state index contributed by atoms with van der Waals surface area (Å²) in [6, 6.07) is 9.37. The van der Waals surface area contributed by atoms with Gasteiger partial charge < -0.3 is 4.84 Å². The van der Waals surface area contributed by atoms with E-state index < -0.39 is 11.4 Å². The fraction of sp³-hybridized carbons (Fsp3) is 0.500. The van der Waals surface area contributed by atoms with Crippen LogP contribution in [0.4, 0.5) is 0 Å². The maximum Gasteiger partial charge on any atom is 0.338 e. The average Bonchev–Trinajstić information content (AvgIpc) is 2.53. The number of carbonyl (C=O) groups excluding carboxylic acids is 1. The van der Waals surface area contributed by atoms with Gasteiger partial charge in [-0.1, -0.05) is 44.4 Å². The zero-order valence-corrected chi connectivity index (χ0v) is 15.1. The molecule has 2 aromatic rings. The number of hydrogen-bond donors (Lipinski definition) is 0. The maximum absolute atomic E-state index is 12.8. The number of benzene rings is 1. The highest BCUT2D eigenvalue weighted by Gasteiger charge is 2.25. The molecule has 0 fully saturated rings. The van der Waals surface area contributed by atoms with Gasteiger partial charge in [0.1, 0.15) is 0 Å². The molecule has 4 heteroatoms. The van der Waals surface area contributed by atoms with Gasteiger partial charge in [0.2, 0.25) is 0 Å². The van der Waals surface area contributed by atoms with Gasteiger partial charge in [0.05, 0.1) is 16.5 Å². The molecule has 1 aromatic heterocycles. The van der Waals surface area contributed by atoms with E-state index in [9.17, 15) is 9.59 Å². The Hall–Kier alpha value is -2.10. The predicted octanol–water partition coefficient (Wildman–Crippen LogP) is 4.13. The molecule has 0 radical (unpaired) electrons. The van der Waals surface area contributed by atoms with Crippen molar-refractivity contribution in [2.45, 2.75) is 59.8 Å². The lowest BCUT2D eigenvalue weighted by Gasteiger charge is -2.19. The molecule has 0 saturated carbocycles. The first-order chi connectivity index (χ1) is 11.3. The first-order valence-electron chi connectivity index (χ1n) is 8.71. The number of aryl methyl sites for hydroxylation is 1. The lowest BCUT2D eigenvalue weighted by atomic mass is 9.98. The Bertz CT molecular complexity index is 769. The van der Waals surface area contributed by atoms with Crippen molar-refractivity contribution in [1.29, 1.82) is 0 Å². The lowest BCUT2D eigenvalue weighted by molar-refractivity contribution is -0.154. The van der Waals surface area contributed by atoms with Gasteiger partial charge in [-0.15, -0.1) is 4.73 Å². The standard InChI is InChI=1S/C20H27NO3/c1-5-6-7-8-12-16-14-15-11-9-10-13-17(15)18(22)21(16)24-19(23)20(2,3)4/h9-11,13-14H,5-8,12H2,1-4H3. The van der Waals surface area contributed by atoms with E-state index in [1.165, 1.54) is 11.2 Å². The van der Waals surface area contributed by atoms with E-state index in [4.69, 9.17) is 4.84 Å². The average molecular weight is 329 g/mol. The summed E-state index contributed by atoms with van der Waals surface area (Å²) in [6.07, 6.45) is 5.12. The molecule has 1 aromatic carbocycles. The molecule has 0 saturated heterocycles. The molecule has 0 bridgehead atoms. The number of hydrogen-bond acceptors (Lipinski definition) is 3. The first kappa shape index (κ1) is 18.2. The lowest BCUT2D eigenvalue weighted by Crippen LogP contribution is -2.38. The molecule has 0 aliphatic carbocycles. The van der Waals surface area contributed by atoms with Crippen molar-refractivity contribution in [3.8, 4) is 0 Å². The molecule has 0 amide bonds. The van der Waals surface area contributed by atoms with Crippen LogP contribution < -0.4 is 10.4 Å². The number of carbonyl (C=O) groups is 1. The fourth-order valence-electron chi connectivity index (χ4n) is 2.52. The van der Waals surface area contributed by atoms with E-state index in [0.29, 0.717) is 5.39 Å². The third-order valence-corrected chi connectivity index (χ3v) is 4.03. The second-order valence-corrected chi connectivity index (χ2v) is 7.26. The molecule has 2 rings (SSSR count). The van der Waals surface area contributed by atoms with Gasteiger partial charge in [-0.2, -0.15) is 0 Å². The molecule has 130 valence electrons. The molecule has 0 unspecified atom stereocenters. The number of pyridine rings is 1. The number of aromatic nitrogens is 1. The quantitative estimate of drug-likeness (QED) is 0.749. The van der Waals surface area contributed by atoms with Gasteiger partial charge in [0, 0.05) is 0 Å². The summed E-state index contributed by atoms with van der Waals surface area (Å²) in [6.45, 7) is 7.50. The third-order valence-electron chi connectivity index (χ3n) is 4.03. The molecule has 24 heavy (non-hydrogen) atoms. The normalized spacial score (nSPS) is 11.7. The Balaban J connectivity index is 2.42. The number of rotatable bonds is 6. The maximum atomic E-state index is 12.8. The summed E-state index contributed by atoms with van der Waals surface area (Å²) >= 11 is 0. The summed E-state index contributed by atoms with van der Waals surface area (Å²) < 4.78 is 1.20. The molecule has 0 N–H and O–H groups in total. The van der Waals surface area contributed by atoms with Gasteiger partial charge in [0.25, 0.3) is 5.56 Å². The van der Waals surface area contributed by atoms with Crippen molar-refractivity contribution in [2.75, 3.05) is 0 Å². The molecular weight excluding hydrogens is 302 g/mol. The van der Waals surface area contributed by atoms with E-state index in [1.54, 1.807) is 26.8 Å². The third kappa shape index (κ3) is 4.25. The van der Waals surface area contributed by atoms with Crippen LogP contribution in [0.1, 0.15) is 59.1 Å². The highest BCUT2D eigenvalue weighted by Crippen LogP contribution is 2.17. The minimum Gasteiger partial charge on any atom is -0.333 e. The first-order valence-corrected chi connectivity index (χ1v) is 8.71. The molecule has 0 spiro atoms. The molecule has 1 heterocycles. The zero-order valence-electron chi connectivity index (χ0n) is 15.1. The van der Waals surface area contributed by atoms with Crippen molar-refractivity contribution in [3.05, 3.63) is 46.4 Å². The minimum atomic E-state index is -0.662. The van der Waals surface area contributed by atoms with E-state index in [-0.39, 0.29) is 5.56 Å². The SMILES string of the molecule is CCCCCCc1cc2ccccc2c(=O)n1OC(=O)C(C)(C)C. The van der Waals surface area contributed by atoms with Gasteiger partial charge in [0.15, 0.2) is 0 Å². The Kier molecular flexibility index (Phi) is 5.81. The van der Waals surface area contributed by atoms with Crippen LogP contribution in [0.25, 0.3) is 10.8 Å². The molecule has 0 aliphatic heterocycles. The monoisotopic (exact) mass is 329 g/mol. The van der Waals surface area contributed by atoms with Crippen molar-refractivity contribution in [1.82, 2.24) is 4.73 Å². The van der Waals surface area contributed by atoms with Crippen LogP contribution in [0.3, 0.4) is 0 Å². The predicted molar refractivity (Wildman–Crippen MR) is 97.1 cm³/mol. The van der Waals surface area contributed by atoms with Crippen LogP contribution in [0.2, 0.25) is 0 Å². The Morgan fingerprint density at radius 3 is 2.50 bits per heavy atom. The fourth-order valence-corrected chi connectivity index (χ4v) is 2.52.